The van der Waals surface area contributed by atoms with Crippen LogP contribution in [0, 0.1) is 0 Å². The average Bonchev–Trinajstić information content (AvgIpc) is 2.58. The van der Waals surface area contributed by atoms with Crippen molar-refractivity contribution < 1.29 is 38.6 Å². The van der Waals surface area contributed by atoms with Crippen LogP contribution in [0.25, 0.3) is 0 Å². The second-order valence-electron chi connectivity index (χ2n) is 6.54. The fraction of sp³-hybridized carbons (Fsp3) is 0.895. The molecule has 6 heteroatoms. The molecule has 0 unspecified atom stereocenters. The van der Waals surface area contributed by atoms with Gasteiger partial charge in [0.1, 0.15) is 0 Å². The Kier molecular flexibility index (Phi) is 23.1. The van der Waals surface area contributed by atoms with Crippen molar-refractivity contribution in [1.82, 2.24) is 0 Å². The summed E-state index contributed by atoms with van der Waals surface area (Å²) in [6.45, 7) is 2.26. The van der Waals surface area contributed by atoms with E-state index in [1.807, 2.05) is 0 Å². The Hall–Kier alpha value is -0.477. The van der Waals surface area contributed by atoms with Gasteiger partial charge < -0.3 is 9.57 Å². The summed E-state index contributed by atoms with van der Waals surface area (Å²) in [5.41, 5.74) is 0. The van der Waals surface area contributed by atoms with Crippen LogP contribution in [0.4, 0.5) is 4.79 Å². The van der Waals surface area contributed by atoms with Crippen molar-refractivity contribution in [2.24, 2.45) is 5.90 Å². The molecule has 0 bridgehead atoms. The summed E-state index contributed by atoms with van der Waals surface area (Å²) in [6.07, 6.45) is 18.2. The minimum absolute atomic E-state index is 0. The van der Waals surface area contributed by atoms with Crippen molar-refractivity contribution in [1.29, 1.82) is 0 Å². The molecule has 0 aliphatic rings. The van der Waals surface area contributed by atoms with Crippen LogP contribution in [0.3, 0.4) is 0 Å². The summed E-state index contributed by atoms with van der Waals surface area (Å²) in [5, 5.41) is 0. The molecule has 0 amide bonds. The third-order valence-electron chi connectivity index (χ3n) is 4.28. The zero-order chi connectivity index (χ0) is 17.9. The summed E-state index contributed by atoms with van der Waals surface area (Å²) < 4.78 is 4.29. The quantitative estimate of drug-likeness (QED) is 0.115. The summed E-state index contributed by atoms with van der Waals surface area (Å²) in [6, 6.07) is 0. The second kappa shape index (κ2) is 21.6. The van der Waals surface area contributed by atoms with E-state index in [9.17, 15) is 9.59 Å². The molecule has 0 atom stereocenters. The van der Waals surface area contributed by atoms with Crippen LogP contribution in [0.1, 0.15) is 110 Å². The molecule has 0 aromatic carbocycles. The molecule has 0 aromatic heterocycles. The van der Waals surface area contributed by atoms with Crippen LogP contribution in [0.5, 0.6) is 0 Å². The van der Waals surface area contributed by atoms with E-state index in [-0.39, 0.29) is 25.9 Å². The average molecular weight is 409 g/mol. The molecular formula is C19H37NO4Zn. The predicted octanol–water partition coefficient (Wildman–Crippen LogP) is 5.80. The van der Waals surface area contributed by atoms with E-state index in [1.165, 1.54) is 77.0 Å². The Bertz CT molecular complexity index is 314. The van der Waals surface area contributed by atoms with Crippen molar-refractivity contribution in [2.45, 2.75) is 110 Å². The molecule has 0 saturated heterocycles. The Morgan fingerprint density at radius 1 is 0.680 bits per heavy atom. The number of unbranched alkanes of at least 4 members (excludes halogenated alkanes) is 14. The Labute approximate surface area is 166 Å². The zero-order valence-corrected chi connectivity index (χ0v) is 19.2. The smallest absolute Gasteiger partial charge is 0.359 e. The van der Waals surface area contributed by atoms with Crippen LogP contribution in [0.2, 0.25) is 0 Å². The van der Waals surface area contributed by atoms with Crippen LogP contribution in [-0.2, 0) is 33.8 Å². The van der Waals surface area contributed by atoms with Gasteiger partial charge in [-0.25, -0.2) is 4.79 Å². The number of hydrogen-bond acceptors (Lipinski definition) is 5. The van der Waals surface area contributed by atoms with Gasteiger partial charge in [-0.3, -0.25) is 4.79 Å². The topological polar surface area (TPSA) is 78.6 Å². The fourth-order valence-corrected chi connectivity index (χ4v) is 2.81. The maximum Gasteiger partial charge on any atom is 0.535 e. The van der Waals surface area contributed by atoms with E-state index >= 15 is 0 Å². The molecule has 0 aliphatic carbocycles. The Morgan fingerprint density at radius 3 is 1.40 bits per heavy atom. The normalized spacial score (nSPS) is 10.2. The van der Waals surface area contributed by atoms with Gasteiger partial charge >= 0.3 is 12.1 Å². The fourth-order valence-electron chi connectivity index (χ4n) is 2.81. The van der Waals surface area contributed by atoms with Crippen molar-refractivity contribution in [3.8, 4) is 0 Å². The van der Waals surface area contributed by atoms with Crippen LogP contribution >= 0.6 is 0 Å². The SMILES string of the molecule is CCCCCCCCCCCCCCCCCC(=O)OC(=O)ON.[Zn]. The van der Waals surface area contributed by atoms with Crippen molar-refractivity contribution in [3.05, 3.63) is 0 Å². The first kappa shape index (κ1) is 26.7. The number of ether oxygens (including phenoxy) is 1. The predicted molar refractivity (Wildman–Crippen MR) is 96.3 cm³/mol. The van der Waals surface area contributed by atoms with E-state index < -0.39 is 12.1 Å². The Morgan fingerprint density at radius 2 is 1.04 bits per heavy atom. The van der Waals surface area contributed by atoms with Crippen molar-refractivity contribution in [3.63, 3.8) is 0 Å². The zero-order valence-electron chi connectivity index (χ0n) is 16.2. The summed E-state index contributed by atoms with van der Waals surface area (Å²) in [4.78, 5) is 25.5. The number of hydrogen-bond donors (Lipinski definition) is 1. The number of carbonyl (C=O) groups excluding carboxylic acids is 2. The van der Waals surface area contributed by atoms with Gasteiger partial charge in [-0.15, -0.1) is 0 Å². The minimum atomic E-state index is -1.14. The van der Waals surface area contributed by atoms with Gasteiger partial charge in [-0.05, 0) is 6.42 Å². The molecule has 5 nitrogen and oxygen atoms in total. The molecule has 0 heterocycles. The van der Waals surface area contributed by atoms with Crippen molar-refractivity contribution >= 4 is 12.1 Å². The minimum Gasteiger partial charge on any atom is -0.359 e. The number of rotatable bonds is 16. The largest absolute Gasteiger partial charge is 0.535 e. The van der Waals surface area contributed by atoms with Gasteiger partial charge in [0.15, 0.2) is 0 Å². The second-order valence-corrected chi connectivity index (χ2v) is 6.54. The summed E-state index contributed by atoms with van der Waals surface area (Å²) >= 11 is 0. The van der Waals surface area contributed by atoms with E-state index in [4.69, 9.17) is 0 Å². The molecule has 0 fully saturated rings. The van der Waals surface area contributed by atoms with Gasteiger partial charge in [-0.1, -0.05) is 96.8 Å². The third-order valence-corrected chi connectivity index (χ3v) is 4.28. The van der Waals surface area contributed by atoms with Gasteiger partial charge in [0.25, 0.3) is 0 Å². The van der Waals surface area contributed by atoms with Gasteiger partial charge in [0, 0.05) is 25.9 Å². The van der Waals surface area contributed by atoms with E-state index in [0.717, 1.165) is 19.3 Å². The standard InChI is InChI=1S/C19H37NO4.Zn/c1-2-3-4-5-6-7-8-9-10-11-12-13-14-15-16-17-18(21)23-19(22)24-20;/h2-17,20H2,1H3;. The van der Waals surface area contributed by atoms with E-state index in [1.54, 1.807) is 0 Å². The van der Waals surface area contributed by atoms with Crippen molar-refractivity contribution in [2.75, 3.05) is 0 Å². The molecule has 0 radical (unpaired) electrons. The van der Waals surface area contributed by atoms with Crippen LogP contribution < -0.4 is 5.90 Å². The van der Waals surface area contributed by atoms with Gasteiger partial charge in [0.2, 0.25) is 0 Å². The molecule has 0 aromatic rings. The van der Waals surface area contributed by atoms with E-state index in [0.29, 0.717) is 0 Å². The number of carbonyl (C=O) groups is 2. The summed E-state index contributed by atoms with van der Waals surface area (Å²) in [5.74, 6) is 4.01. The number of nitrogens with two attached hydrogens (primary N) is 1. The molecule has 0 aliphatic heterocycles. The maximum atomic E-state index is 11.2. The first-order chi connectivity index (χ1) is 11.7. The van der Waals surface area contributed by atoms with Gasteiger partial charge in [-0.2, -0.15) is 5.90 Å². The summed E-state index contributed by atoms with van der Waals surface area (Å²) in [7, 11) is 0. The first-order valence-electron chi connectivity index (χ1n) is 9.82. The molecule has 0 rings (SSSR count). The maximum absolute atomic E-state index is 11.2. The first-order valence-corrected chi connectivity index (χ1v) is 9.82. The van der Waals surface area contributed by atoms with E-state index in [2.05, 4.69) is 22.4 Å². The van der Waals surface area contributed by atoms with Gasteiger partial charge in [0.05, 0.1) is 0 Å². The molecule has 25 heavy (non-hydrogen) atoms. The Balaban J connectivity index is 0. The number of esters is 1. The van der Waals surface area contributed by atoms with Crippen LogP contribution in [0.15, 0.2) is 0 Å². The molecule has 144 valence electrons. The molecule has 0 spiro atoms. The molecule has 2 N–H and O–H groups in total. The van der Waals surface area contributed by atoms with Crippen LogP contribution in [-0.4, -0.2) is 12.1 Å². The monoisotopic (exact) mass is 407 g/mol. The molecule has 0 saturated carbocycles. The third kappa shape index (κ3) is 21.5. The molecular weight excluding hydrogens is 372 g/mol.